The van der Waals surface area contributed by atoms with Crippen molar-refractivity contribution in [2.75, 3.05) is 7.11 Å². The number of aromatic hydroxyl groups is 1. The summed E-state index contributed by atoms with van der Waals surface area (Å²) in [7, 11) is 1.58. The molecule has 0 spiro atoms. The number of ether oxygens (including phenoxy) is 1. The molecule has 0 unspecified atom stereocenters. The lowest BCUT2D eigenvalue weighted by Gasteiger charge is -2.11. The van der Waals surface area contributed by atoms with Gasteiger partial charge in [0.25, 0.3) is 0 Å². The number of hydrogen-bond acceptors (Lipinski definition) is 3. The van der Waals surface area contributed by atoms with E-state index in [1.165, 1.54) is 0 Å². The summed E-state index contributed by atoms with van der Waals surface area (Å²) in [5.74, 6) is 0.865. The molecule has 0 aromatic heterocycles. The molecule has 0 aliphatic carbocycles. The van der Waals surface area contributed by atoms with Crippen molar-refractivity contribution in [3.05, 3.63) is 48.0 Å². The minimum atomic E-state index is -0.0371. The van der Waals surface area contributed by atoms with E-state index in [0.29, 0.717) is 11.3 Å². The van der Waals surface area contributed by atoms with Crippen LogP contribution in [0.2, 0.25) is 0 Å². The molecule has 2 N–H and O–H groups in total. The molecule has 0 heterocycles. The van der Waals surface area contributed by atoms with Crippen LogP contribution < -0.4 is 4.74 Å². The second kappa shape index (κ2) is 4.89. The Labute approximate surface area is 99.9 Å². The van der Waals surface area contributed by atoms with Crippen LogP contribution in [0, 0.1) is 0 Å². The van der Waals surface area contributed by atoms with Gasteiger partial charge in [-0.25, -0.2) is 0 Å². The van der Waals surface area contributed by atoms with Crippen molar-refractivity contribution in [3.63, 3.8) is 0 Å². The molecular formula is C14H14O3. The molecule has 17 heavy (non-hydrogen) atoms. The highest BCUT2D eigenvalue weighted by Gasteiger charge is 2.10. The van der Waals surface area contributed by atoms with Gasteiger partial charge in [0.1, 0.15) is 11.5 Å². The summed E-state index contributed by atoms with van der Waals surface area (Å²) in [4.78, 5) is 0. The standard InChI is InChI=1S/C14H14O3/c1-17-14-7-6-10(9-15)8-12(14)11-4-2-3-5-13(11)16/h2-8,15-16H,9H2,1H3. The maximum atomic E-state index is 9.83. The van der Waals surface area contributed by atoms with E-state index in [1.807, 2.05) is 18.2 Å². The van der Waals surface area contributed by atoms with Crippen LogP contribution in [0.3, 0.4) is 0 Å². The Hall–Kier alpha value is -2.00. The van der Waals surface area contributed by atoms with Crippen LogP contribution in [0.1, 0.15) is 5.56 Å². The molecule has 3 nitrogen and oxygen atoms in total. The summed E-state index contributed by atoms with van der Waals surface area (Å²) >= 11 is 0. The molecule has 0 amide bonds. The summed E-state index contributed by atoms with van der Waals surface area (Å²) in [5.41, 5.74) is 2.25. The SMILES string of the molecule is COc1ccc(CO)cc1-c1ccccc1O. The quantitative estimate of drug-likeness (QED) is 0.852. The lowest BCUT2D eigenvalue weighted by molar-refractivity contribution is 0.281. The van der Waals surface area contributed by atoms with Crippen molar-refractivity contribution >= 4 is 0 Å². The first-order valence-corrected chi connectivity index (χ1v) is 5.32. The number of aliphatic hydroxyl groups is 1. The Morgan fingerprint density at radius 1 is 1.06 bits per heavy atom. The third-order valence-electron chi connectivity index (χ3n) is 2.64. The van der Waals surface area contributed by atoms with Gasteiger partial charge in [0.2, 0.25) is 0 Å². The van der Waals surface area contributed by atoms with Gasteiger partial charge in [-0.2, -0.15) is 0 Å². The zero-order chi connectivity index (χ0) is 12.3. The highest BCUT2D eigenvalue weighted by atomic mass is 16.5. The number of phenols is 1. The normalized spacial score (nSPS) is 10.2. The number of para-hydroxylation sites is 1. The summed E-state index contributed by atoms with van der Waals surface area (Å²) in [6.45, 7) is -0.0371. The van der Waals surface area contributed by atoms with Crippen molar-refractivity contribution in [1.82, 2.24) is 0 Å². The number of benzene rings is 2. The topological polar surface area (TPSA) is 49.7 Å². The predicted octanol–water partition coefficient (Wildman–Crippen LogP) is 2.56. The van der Waals surface area contributed by atoms with Crippen molar-refractivity contribution in [1.29, 1.82) is 0 Å². The first kappa shape index (κ1) is 11.5. The van der Waals surface area contributed by atoms with Crippen molar-refractivity contribution in [3.8, 4) is 22.6 Å². The highest BCUT2D eigenvalue weighted by molar-refractivity contribution is 5.76. The van der Waals surface area contributed by atoms with Gasteiger partial charge in [0, 0.05) is 11.1 Å². The number of aliphatic hydroxyl groups excluding tert-OH is 1. The van der Waals surface area contributed by atoms with E-state index in [2.05, 4.69) is 0 Å². The Kier molecular flexibility index (Phi) is 3.30. The molecule has 0 fully saturated rings. The molecule has 0 saturated heterocycles. The Bertz CT molecular complexity index is 521. The van der Waals surface area contributed by atoms with Crippen LogP contribution in [0.5, 0.6) is 11.5 Å². The monoisotopic (exact) mass is 230 g/mol. The van der Waals surface area contributed by atoms with Gasteiger partial charge in [-0.3, -0.25) is 0 Å². The lowest BCUT2D eigenvalue weighted by Crippen LogP contribution is -1.91. The lowest BCUT2D eigenvalue weighted by atomic mass is 10.0. The van der Waals surface area contributed by atoms with Gasteiger partial charge in [-0.15, -0.1) is 0 Å². The molecule has 88 valence electrons. The van der Waals surface area contributed by atoms with Crippen molar-refractivity contribution in [2.24, 2.45) is 0 Å². The average molecular weight is 230 g/mol. The first-order chi connectivity index (χ1) is 8.26. The largest absolute Gasteiger partial charge is 0.507 e. The van der Waals surface area contributed by atoms with Gasteiger partial charge >= 0.3 is 0 Å². The number of rotatable bonds is 3. The third-order valence-corrected chi connectivity index (χ3v) is 2.64. The summed E-state index contributed by atoms with van der Waals surface area (Å²) in [6.07, 6.45) is 0. The highest BCUT2D eigenvalue weighted by Crippen LogP contribution is 2.36. The van der Waals surface area contributed by atoms with Crippen LogP contribution in [0.25, 0.3) is 11.1 Å². The Morgan fingerprint density at radius 2 is 1.82 bits per heavy atom. The van der Waals surface area contributed by atoms with Crippen LogP contribution in [0.4, 0.5) is 0 Å². The fourth-order valence-corrected chi connectivity index (χ4v) is 1.77. The zero-order valence-corrected chi connectivity index (χ0v) is 9.55. The summed E-state index contributed by atoms with van der Waals surface area (Å²) < 4.78 is 5.26. The molecule has 0 radical (unpaired) electrons. The van der Waals surface area contributed by atoms with Gasteiger partial charge in [-0.05, 0) is 23.8 Å². The van der Waals surface area contributed by atoms with Crippen LogP contribution in [-0.4, -0.2) is 17.3 Å². The van der Waals surface area contributed by atoms with Crippen LogP contribution in [0.15, 0.2) is 42.5 Å². The van der Waals surface area contributed by atoms with Crippen LogP contribution >= 0.6 is 0 Å². The molecule has 2 aromatic rings. The molecule has 3 heteroatoms. The molecule has 0 aliphatic heterocycles. The summed E-state index contributed by atoms with van der Waals surface area (Å²) in [6, 6.07) is 12.4. The third kappa shape index (κ3) is 2.24. The fraction of sp³-hybridized carbons (Fsp3) is 0.143. The second-order valence-corrected chi connectivity index (χ2v) is 3.71. The second-order valence-electron chi connectivity index (χ2n) is 3.71. The number of methoxy groups -OCH3 is 1. The van der Waals surface area contributed by atoms with E-state index in [0.717, 1.165) is 11.1 Å². The maximum Gasteiger partial charge on any atom is 0.126 e. The Balaban J connectivity index is 2.60. The van der Waals surface area contributed by atoms with Crippen molar-refractivity contribution < 1.29 is 14.9 Å². The predicted molar refractivity (Wildman–Crippen MR) is 66.0 cm³/mol. The van der Waals surface area contributed by atoms with E-state index < -0.39 is 0 Å². The van der Waals surface area contributed by atoms with E-state index in [1.54, 1.807) is 31.4 Å². The van der Waals surface area contributed by atoms with Gasteiger partial charge < -0.3 is 14.9 Å². The van der Waals surface area contributed by atoms with Gasteiger partial charge in [-0.1, -0.05) is 24.3 Å². The zero-order valence-electron chi connectivity index (χ0n) is 9.55. The number of hydrogen-bond donors (Lipinski definition) is 2. The average Bonchev–Trinajstić information content (AvgIpc) is 2.38. The van der Waals surface area contributed by atoms with E-state index in [-0.39, 0.29) is 12.4 Å². The fourth-order valence-electron chi connectivity index (χ4n) is 1.77. The Morgan fingerprint density at radius 3 is 2.47 bits per heavy atom. The minimum absolute atomic E-state index is 0.0371. The van der Waals surface area contributed by atoms with Crippen LogP contribution in [-0.2, 0) is 6.61 Å². The molecular weight excluding hydrogens is 216 g/mol. The smallest absolute Gasteiger partial charge is 0.126 e. The number of phenolic OH excluding ortho intramolecular Hbond substituents is 1. The molecule has 2 aromatic carbocycles. The molecule has 0 saturated carbocycles. The molecule has 0 bridgehead atoms. The van der Waals surface area contributed by atoms with Gasteiger partial charge in [0.05, 0.1) is 13.7 Å². The van der Waals surface area contributed by atoms with Crippen molar-refractivity contribution in [2.45, 2.75) is 6.61 Å². The van der Waals surface area contributed by atoms with E-state index in [4.69, 9.17) is 9.84 Å². The summed E-state index contributed by atoms with van der Waals surface area (Å²) in [5, 5.41) is 19.0. The van der Waals surface area contributed by atoms with E-state index in [9.17, 15) is 5.11 Å². The molecule has 0 aliphatic rings. The van der Waals surface area contributed by atoms with Gasteiger partial charge in [0.15, 0.2) is 0 Å². The maximum absolute atomic E-state index is 9.83. The van der Waals surface area contributed by atoms with E-state index >= 15 is 0 Å². The minimum Gasteiger partial charge on any atom is -0.507 e. The first-order valence-electron chi connectivity index (χ1n) is 5.32. The molecule has 0 atom stereocenters. The molecule has 2 rings (SSSR count).